The Morgan fingerprint density at radius 1 is 1.52 bits per heavy atom. The van der Waals surface area contributed by atoms with Gasteiger partial charge < -0.3 is 19.6 Å². The van der Waals surface area contributed by atoms with Crippen molar-refractivity contribution in [3.8, 4) is 0 Å². The third-order valence-electron chi connectivity index (χ3n) is 3.57. The van der Waals surface area contributed by atoms with Crippen LogP contribution in [-0.2, 0) is 11.3 Å². The minimum atomic E-state index is -1.05. The number of carboxylic acids is 1. The number of aromatic nitrogens is 1. The lowest BCUT2D eigenvalue weighted by Gasteiger charge is -2.03. The number of hydrogen-bond donors (Lipinski definition) is 2. The molecule has 0 aromatic carbocycles. The fourth-order valence-corrected chi connectivity index (χ4v) is 3.33. The van der Waals surface area contributed by atoms with Crippen molar-refractivity contribution in [2.45, 2.75) is 32.4 Å². The van der Waals surface area contributed by atoms with Crippen LogP contribution in [0.4, 0.5) is 0 Å². The predicted molar refractivity (Wildman–Crippen MR) is 81.6 cm³/mol. The highest BCUT2D eigenvalue weighted by atomic mass is 32.1. The number of furan rings is 1. The summed E-state index contributed by atoms with van der Waals surface area (Å²) in [6.45, 7) is 2.43. The molecule has 2 N–H and O–H groups in total. The highest BCUT2D eigenvalue weighted by molar-refractivity contribution is 7.13. The minimum absolute atomic E-state index is 0.00704. The van der Waals surface area contributed by atoms with Crippen molar-refractivity contribution in [1.29, 1.82) is 0 Å². The number of aryl methyl sites for hydroxylation is 1. The number of hydrogen-bond acceptors (Lipinski definition) is 6. The Hall–Kier alpha value is -2.19. The summed E-state index contributed by atoms with van der Waals surface area (Å²) in [4.78, 5) is 27.8. The van der Waals surface area contributed by atoms with Crippen LogP contribution >= 0.6 is 11.3 Å². The summed E-state index contributed by atoms with van der Waals surface area (Å²) < 4.78 is 10.9. The lowest BCUT2D eigenvalue weighted by Crippen LogP contribution is -2.21. The van der Waals surface area contributed by atoms with E-state index in [9.17, 15) is 9.59 Å². The van der Waals surface area contributed by atoms with Crippen molar-refractivity contribution in [3.05, 3.63) is 39.2 Å². The zero-order valence-electron chi connectivity index (χ0n) is 12.5. The molecule has 2 aromatic rings. The van der Waals surface area contributed by atoms with Gasteiger partial charge >= 0.3 is 5.97 Å². The lowest BCUT2D eigenvalue weighted by molar-refractivity contribution is 0.0694. The first-order valence-corrected chi connectivity index (χ1v) is 8.04. The quantitative estimate of drug-likeness (QED) is 0.870. The first kappa shape index (κ1) is 15.7. The van der Waals surface area contributed by atoms with Crippen molar-refractivity contribution >= 4 is 23.2 Å². The Morgan fingerprint density at radius 3 is 3.00 bits per heavy atom. The van der Waals surface area contributed by atoms with Gasteiger partial charge in [0.15, 0.2) is 0 Å². The second-order valence-corrected chi connectivity index (χ2v) is 6.30. The molecule has 0 bridgehead atoms. The Labute approximate surface area is 136 Å². The van der Waals surface area contributed by atoms with Crippen molar-refractivity contribution < 1.29 is 23.8 Å². The monoisotopic (exact) mass is 336 g/mol. The Kier molecular flexibility index (Phi) is 4.44. The molecular weight excluding hydrogens is 320 g/mol. The Morgan fingerprint density at radius 2 is 2.35 bits per heavy atom. The summed E-state index contributed by atoms with van der Waals surface area (Å²) in [5.41, 5.74) is 0.104. The third kappa shape index (κ3) is 3.43. The standard InChI is InChI=1S/C15H16N2O5S/c1-8-10(15(19)20)5-9(22-8)6-16-13(18)12-7-17-14(23-12)11-3-2-4-21-11/h5,7,11H,2-4,6H2,1H3,(H,16,18)(H,19,20)/t11-/m0/s1. The number of carboxylic acid groups (broad SMARTS) is 1. The maximum Gasteiger partial charge on any atom is 0.339 e. The van der Waals surface area contributed by atoms with Gasteiger partial charge in [0.2, 0.25) is 0 Å². The highest BCUT2D eigenvalue weighted by Gasteiger charge is 2.22. The van der Waals surface area contributed by atoms with Crippen LogP contribution in [0.25, 0.3) is 0 Å². The van der Waals surface area contributed by atoms with Gasteiger partial charge in [-0.2, -0.15) is 0 Å². The average molecular weight is 336 g/mol. The van der Waals surface area contributed by atoms with E-state index in [1.165, 1.54) is 23.6 Å². The number of rotatable bonds is 5. The Balaban J connectivity index is 1.61. The summed E-state index contributed by atoms with van der Waals surface area (Å²) in [6, 6.07) is 1.42. The molecule has 0 spiro atoms. The van der Waals surface area contributed by atoms with Crippen LogP contribution in [0.1, 0.15) is 55.5 Å². The van der Waals surface area contributed by atoms with Crippen LogP contribution in [0.3, 0.4) is 0 Å². The number of nitrogens with one attached hydrogen (secondary N) is 1. The largest absolute Gasteiger partial charge is 0.478 e. The molecule has 3 rings (SSSR count). The molecule has 7 nitrogen and oxygen atoms in total. The molecular formula is C15H16N2O5S. The molecule has 1 fully saturated rings. The zero-order valence-corrected chi connectivity index (χ0v) is 13.3. The number of thiazole rings is 1. The normalized spacial score (nSPS) is 17.3. The minimum Gasteiger partial charge on any atom is -0.478 e. The van der Waals surface area contributed by atoms with Crippen molar-refractivity contribution in [2.75, 3.05) is 6.61 Å². The number of aromatic carboxylic acids is 1. The SMILES string of the molecule is Cc1oc(CNC(=O)c2cnc([C@@H]3CCCO3)s2)cc1C(=O)O. The molecule has 0 radical (unpaired) electrons. The van der Waals surface area contributed by atoms with Crippen molar-refractivity contribution in [2.24, 2.45) is 0 Å². The molecule has 1 atom stereocenters. The molecule has 0 unspecified atom stereocenters. The maximum absolute atomic E-state index is 12.1. The lowest BCUT2D eigenvalue weighted by atomic mass is 10.2. The first-order chi connectivity index (χ1) is 11.0. The fourth-order valence-electron chi connectivity index (χ4n) is 2.41. The van der Waals surface area contributed by atoms with E-state index in [4.69, 9.17) is 14.3 Å². The molecule has 3 heterocycles. The average Bonchev–Trinajstić information content (AvgIpc) is 3.24. The third-order valence-corrected chi connectivity index (χ3v) is 4.66. The number of ether oxygens (including phenoxy) is 1. The van der Waals surface area contributed by atoms with Crippen LogP contribution in [0, 0.1) is 6.92 Å². The van der Waals surface area contributed by atoms with Gasteiger partial charge in [-0.25, -0.2) is 9.78 Å². The molecule has 8 heteroatoms. The number of carbonyl (C=O) groups is 2. The van der Waals surface area contributed by atoms with E-state index >= 15 is 0 Å². The maximum atomic E-state index is 12.1. The van der Waals surface area contributed by atoms with Gasteiger partial charge in [-0.05, 0) is 25.8 Å². The van der Waals surface area contributed by atoms with Crippen LogP contribution in [0.2, 0.25) is 0 Å². The smallest absolute Gasteiger partial charge is 0.339 e. The summed E-state index contributed by atoms with van der Waals surface area (Å²) in [6.07, 6.45) is 3.47. The van der Waals surface area contributed by atoms with Gasteiger partial charge in [-0.1, -0.05) is 0 Å². The molecule has 1 saturated heterocycles. The molecule has 0 saturated carbocycles. The second kappa shape index (κ2) is 6.51. The Bertz CT molecular complexity index is 730. The molecule has 1 amide bonds. The number of amides is 1. The summed E-state index contributed by atoms with van der Waals surface area (Å²) in [5.74, 6) is -0.595. The molecule has 2 aromatic heterocycles. The van der Waals surface area contributed by atoms with Gasteiger partial charge in [-0.15, -0.1) is 11.3 Å². The molecule has 1 aliphatic rings. The highest BCUT2D eigenvalue weighted by Crippen LogP contribution is 2.31. The predicted octanol–water partition coefficient (Wildman–Crippen LogP) is 2.52. The van der Waals surface area contributed by atoms with Gasteiger partial charge in [0, 0.05) is 6.61 Å². The van der Waals surface area contributed by atoms with Crippen LogP contribution in [0.5, 0.6) is 0 Å². The molecule has 0 aliphatic carbocycles. The molecule has 1 aliphatic heterocycles. The van der Waals surface area contributed by atoms with Crippen LogP contribution in [0.15, 0.2) is 16.7 Å². The van der Waals surface area contributed by atoms with Gasteiger partial charge in [0.05, 0.1) is 12.7 Å². The zero-order chi connectivity index (χ0) is 16.4. The van der Waals surface area contributed by atoms with E-state index in [-0.39, 0.29) is 24.1 Å². The second-order valence-electron chi connectivity index (χ2n) is 5.23. The number of nitrogens with zero attached hydrogens (tertiary/aromatic N) is 1. The van der Waals surface area contributed by atoms with E-state index in [2.05, 4.69) is 10.3 Å². The van der Waals surface area contributed by atoms with Gasteiger partial charge in [0.1, 0.15) is 33.1 Å². The van der Waals surface area contributed by atoms with E-state index in [0.29, 0.717) is 16.4 Å². The van der Waals surface area contributed by atoms with Gasteiger partial charge in [-0.3, -0.25) is 4.79 Å². The summed E-state index contributed by atoms with van der Waals surface area (Å²) >= 11 is 1.31. The van der Waals surface area contributed by atoms with E-state index in [1.807, 2.05) is 0 Å². The number of carbonyl (C=O) groups excluding carboxylic acids is 1. The van der Waals surface area contributed by atoms with E-state index in [0.717, 1.165) is 24.5 Å². The summed E-state index contributed by atoms with van der Waals surface area (Å²) in [5, 5.41) is 12.5. The first-order valence-electron chi connectivity index (χ1n) is 7.22. The van der Waals surface area contributed by atoms with Crippen LogP contribution < -0.4 is 5.32 Å². The summed E-state index contributed by atoms with van der Waals surface area (Å²) in [7, 11) is 0. The fraction of sp³-hybridized carbons (Fsp3) is 0.400. The van der Waals surface area contributed by atoms with Gasteiger partial charge in [0.25, 0.3) is 5.91 Å². The van der Waals surface area contributed by atoms with Crippen molar-refractivity contribution in [1.82, 2.24) is 10.3 Å². The molecule has 122 valence electrons. The van der Waals surface area contributed by atoms with E-state index in [1.54, 1.807) is 6.92 Å². The van der Waals surface area contributed by atoms with Crippen molar-refractivity contribution in [3.63, 3.8) is 0 Å². The molecule has 23 heavy (non-hydrogen) atoms. The van der Waals surface area contributed by atoms with Crippen LogP contribution in [-0.4, -0.2) is 28.6 Å². The van der Waals surface area contributed by atoms with E-state index < -0.39 is 5.97 Å². The topological polar surface area (TPSA) is 102 Å².